The number of thioether (sulfide) groups is 1. The number of alkyl halides is 3. The molecule has 0 spiro atoms. The van der Waals surface area contributed by atoms with E-state index in [1.165, 1.54) is 17.8 Å². The van der Waals surface area contributed by atoms with E-state index in [4.69, 9.17) is 23.2 Å². The zero-order chi connectivity index (χ0) is 18.9. The molecule has 3 rings (SSSR count). The molecule has 136 valence electrons. The van der Waals surface area contributed by atoms with Gasteiger partial charge >= 0.3 is 6.18 Å². The lowest BCUT2D eigenvalue weighted by atomic mass is 10.2. The van der Waals surface area contributed by atoms with Crippen LogP contribution in [0.2, 0.25) is 10.0 Å². The van der Waals surface area contributed by atoms with Crippen molar-refractivity contribution < 1.29 is 18.0 Å². The number of anilines is 1. The second-order valence-electron chi connectivity index (χ2n) is 5.45. The fraction of sp³-hybridized carbons (Fsp3) is 0.176. The Balaban J connectivity index is 1.75. The van der Waals surface area contributed by atoms with Crippen molar-refractivity contribution in [3.63, 3.8) is 0 Å². The quantitative estimate of drug-likeness (QED) is 0.713. The molecule has 1 N–H and O–H groups in total. The Morgan fingerprint density at radius 3 is 2.65 bits per heavy atom. The molecule has 1 unspecified atom stereocenters. The van der Waals surface area contributed by atoms with Crippen LogP contribution in [0, 0.1) is 0 Å². The lowest BCUT2D eigenvalue weighted by Crippen LogP contribution is -2.26. The van der Waals surface area contributed by atoms with Gasteiger partial charge in [-0.1, -0.05) is 35.3 Å². The number of benzene rings is 2. The smallest absolute Gasteiger partial charge is 0.324 e. The maximum absolute atomic E-state index is 12.9. The number of nitrogens with one attached hydrogen (secondary N) is 1. The number of carbonyl (C=O) groups is 1. The van der Waals surface area contributed by atoms with Gasteiger partial charge in [0, 0.05) is 22.0 Å². The molecule has 0 saturated carbocycles. The summed E-state index contributed by atoms with van der Waals surface area (Å²) in [6.45, 7) is 0. The molecule has 1 aliphatic rings. The number of amides is 1. The van der Waals surface area contributed by atoms with Crippen LogP contribution in [0.4, 0.5) is 18.9 Å². The Labute approximate surface area is 161 Å². The van der Waals surface area contributed by atoms with E-state index in [0.717, 1.165) is 17.7 Å². The van der Waals surface area contributed by atoms with Gasteiger partial charge in [0.25, 0.3) is 0 Å². The van der Waals surface area contributed by atoms with Crippen molar-refractivity contribution in [2.24, 2.45) is 4.99 Å². The summed E-state index contributed by atoms with van der Waals surface area (Å²) in [5, 5.41) is 3.26. The molecular weight excluding hydrogens is 408 g/mol. The Morgan fingerprint density at radius 2 is 1.96 bits per heavy atom. The topological polar surface area (TPSA) is 41.5 Å². The standard InChI is InChI=1S/C17H11Cl2F3N2OS/c18-10-3-1-2-9(6-10)16-24-14(8-26-16)15(25)23-11-4-5-13(19)12(7-11)17(20,21)22/h1-7,14H,8H2,(H,23,25). The average molecular weight is 419 g/mol. The van der Waals surface area contributed by atoms with Crippen LogP contribution in [-0.2, 0) is 11.0 Å². The fourth-order valence-electron chi connectivity index (χ4n) is 2.33. The van der Waals surface area contributed by atoms with E-state index in [2.05, 4.69) is 10.3 Å². The van der Waals surface area contributed by atoms with Gasteiger partial charge in [-0.15, -0.1) is 11.8 Å². The minimum atomic E-state index is -4.60. The van der Waals surface area contributed by atoms with Gasteiger partial charge < -0.3 is 5.32 Å². The maximum atomic E-state index is 12.9. The Hall–Kier alpha value is -1.70. The van der Waals surface area contributed by atoms with Gasteiger partial charge in [0.2, 0.25) is 5.91 Å². The monoisotopic (exact) mass is 418 g/mol. The van der Waals surface area contributed by atoms with Gasteiger partial charge in [0.1, 0.15) is 6.04 Å². The summed E-state index contributed by atoms with van der Waals surface area (Å²) in [4.78, 5) is 16.7. The highest BCUT2D eigenvalue weighted by Crippen LogP contribution is 2.36. The molecule has 1 atom stereocenters. The Kier molecular flexibility index (Phi) is 5.50. The van der Waals surface area contributed by atoms with Crippen LogP contribution in [0.3, 0.4) is 0 Å². The normalized spacial score (nSPS) is 17.1. The van der Waals surface area contributed by atoms with Crippen molar-refractivity contribution in [2.75, 3.05) is 11.1 Å². The van der Waals surface area contributed by atoms with Gasteiger partial charge in [0.15, 0.2) is 0 Å². The minimum absolute atomic E-state index is 0.0168. The first kappa shape index (κ1) is 19.1. The molecule has 0 aromatic heterocycles. The number of nitrogens with zero attached hydrogens (tertiary/aromatic N) is 1. The zero-order valence-electron chi connectivity index (χ0n) is 13.0. The summed E-state index contributed by atoms with van der Waals surface area (Å²) in [5.41, 5.74) is -0.187. The molecule has 2 aromatic carbocycles. The predicted molar refractivity (Wildman–Crippen MR) is 99.3 cm³/mol. The van der Waals surface area contributed by atoms with Crippen molar-refractivity contribution >= 4 is 51.6 Å². The number of halogens is 5. The first-order chi connectivity index (χ1) is 12.2. The number of hydrogen-bond donors (Lipinski definition) is 1. The predicted octanol–water partition coefficient (Wildman–Crippen LogP) is 5.51. The first-order valence-electron chi connectivity index (χ1n) is 7.38. The average Bonchev–Trinajstić information content (AvgIpc) is 3.06. The molecule has 0 aliphatic carbocycles. The van der Waals surface area contributed by atoms with E-state index in [-0.39, 0.29) is 5.69 Å². The molecule has 3 nitrogen and oxygen atoms in total. The van der Waals surface area contributed by atoms with Crippen LogP contribution in [0.5, 0.6) is 0 Å². The number of rotatable bonds is 3. The van der Waals surface area contributed by atoms with E-state index >= 15 is 0 Å². The van der Waals surface area contributed by atoms with E-state index in [0.29, 0.717) is 15.8 Å². The highest BCUT2D eigenvalue weighted by atomic mass is 35.5. The number of carbonyl (C=O) groups excluding carboxylic acids is 1. The summed E-state index contributed by atoms with van der Waals surface area (Å²) >= 11 is 12.9. The number of aliphatic imine (C=N–C) groups is 1. The van der Waals surface area contributed by atoms with Crippen molar-refractivity contribution in [3.05, 3.63) is 63.6 Å². The maximum Gasteiger partial charge on any atom is 0.417 e. The summed E-state index contributed by atoms with van der Waals surface area (Å²) in [5.74, 6) is -0.0853. The molecule has 1 amide bonds. The molecule has 0 radical (unpaired) electrons. The van der Waals surface area contributed by atoms with Crippen molar-refractivity contribution in [3.8, 4) is 0 Å². The Morgan fingerprint density at radius 1 is 1.19 bits per heavy atom. The third-order valence-corrected chi connectivity index (χ3v) is 5.23. The summed E-state index contributed by atoms with van der Waals surface area (Å²) in [7, 11) is 0. The van der Waals surface area contributed by atoms with Crippen molar-refractivity contribution in [1.82, 2.24) is 0 Å². The van der Waals surface area contributed by atoms with Gasteiger partial charge in [-0.3, -0.25) is 9.79 Å². The third-order valence-electron chi connectivity index (χ3n) is 3.56. The minimum Gasteiger partial charge on any atom is -0.324 e. The highest BCUT2D eigenvalue weighted by molar-refractivity contribution is 8.14. The highest BCUT2D eigenvalue weighted by Gasteiger charge is 2.34. The molecule has 1 aliphatic heterocycles. The van der Waals surface area contributed by atoms with Gasteiger partial charge in [0.05, 0.1) is 15.6 Å². The molecular formula is C17H11Cl2F3N2OS. The Bertz CT molecular complexity index is 887. The molecule has 0 fully saturated rings. The third kappa shape index (κ3) is 4.34. The SMILES string of the molecule is O=C(Nc1ccc(Cl)c(C(F)(F)F)c1)C1CSC(c2cccc(Cl)c2)=N1. The fourth-order valence-corrected chi connectivity index (χ4v) is 3.79. The molecule has 2 aromatic rings. The van der Waals surface area contributed by atoms with Crippen LogP contribution in [0.1, 0.15) is 11.1 Å². The lowest BCUT2D eigenvalue weighted by molar-refractivity contribution is -0.137. The van der Waals surface area contributed by atoms with Crippen LogP contribution in [0.25, 0.3) is 0 Å². The van der Waals surface area contributed by atoms with Gasteiger partial charge in [-0.25, -0.2) is 0 Å². The van der Waals surface area contributed by atoms with Crippen LogP contribution >= 0.6 is 35.0 Å². The summed E-state index contributed by atoms with van der Waals surface area (Å²) in [6, 6.07) is 9.61. The second-order valence-corrected chi connectivity index (χ2v) is 7.31. The van der Waals surface area contributed by atoms with E-state index in [1.807, 2.05) is 6.07 Å². The largest absolute Gasteiger partial charge is 0.417 e. The lowest BCUT2D eigenvalue weighted by Gasteiger charge is -2.12. The van der Waals surface area contributed by atoms with E-state index in [9.17, 15) is 18.0 Å². The molecule has 0 bridgehead atoms. The van der Waals surface area contributed by atoms with E-state index in [1.54, 1.807) is 18.2 Å². The molecule has 0 saturated heterocycles. The first-order valence-corrected chi connectivity index (χ1v) is 9.12. The summed E-state index contributed by atoms with van der Waals surface area (Å²) in [6.07, 6.45) is -4.60. The van der Waals surface area contributed by atoms with Crippen molar-refractivity contribution in [1.29, 1.82) is 0 Å². The van der Waals surface area contributed by atoms with Gasteiger partial charge in [-0.2, -0.15) is 13.2 Å². The zero-order valence-corrected chi connectivity index (χ0v) is 15.3. The van der Waals surface area contributed by atoms with E-state index < -0.39 is 28.7 Å². The molecule has 26 heavy (non-hydrogen) atoms. The van der Waals surface area contributed by atoms with Gasteiger partial charge in [-0.05, 0) is 30.3 Å². The van der Waals surface area contributed by atoms with Crippen LogP contribution < -0.4 is 5.32 Å². The van der Waals surface area contributed by atoms with Crippen LogP contribution in [0.15, 0.2) is 47.5 Å². The summed E-state index contributed by atoms with van der Waals surface area (Å²) < 4.78 is 38.7. The van der Waals surface area contributed by atoms with Crippen molar-refractivity contribution in [2.45, 2.75) is 12.2 Å². The number of hydrogen-bond acceptors (Lipinski definition) is 3. The second kappa shape index (κ2) is 7.50. The molecule has 9 heteroatoms. The van der Waals surface area contributed by atoms with Crippen LogP contribution in [-0.4, -0.2) is 22.7 Å². The molecule has 1 heterocycles.